The van der Waals surface area contributed by atoms with Crippen LogP contribution in [0.3, 0.4) is 0 Å². The van der Waals surface area contributed by atoms with Gasteiger partial charge in [0.1, 0.15) is 11.6 Å². The van der Waals surface area contributed by atoms with Crippen LogP contribution in [0.4, 0.5) is 4.39 Å². The Bertz CT molecular complexity index is 1380. The van der Waals surface area contributed by atoms with Crippen LogP contribution < -0.4 is 16.0 Å². The fraction of sp³-hybridized carbons (Fsp3) is 0.292. The molecule has 0 N–H and O–H groups in total. The van der Waals surface area contributed by atoms with Crippen LogP contribution in [-0.4, -0.2) is 25.8 Å². The average Bonchev–Trinajstić information content (AvgIpc) is 3.17. The lowest BCUT2D eigenvalue weighted by molar-refractivity contribution is 0.414. The smallest absolute Gasteiger partial charge is 0.337 e. The monoisotopic (exact) mass is 436 g/mol. The molecule has 4 rings (SSSR count). The molecule has 0 aliphatic heterocycles. The lowest BCUT2D eigenvalue weighted by atomic mass is 10.1. The Labute approximate surface area is 184 Å². The van der Waals surface area contributed by atoms with Gasteiger partial charge in [0, 0.05) is 13.1 Å². The summed E-state index contributed by atoms with van der Waals surface area (Å²) in [6.07, 6.45) is 2.20. The first-order valence-electron chi connectivity index (χ1n) is 10.5. The molecule has 4 aromatic rings. The van der Waals surface area contributed by atoms with Crippen LogP contribution in [0.1, 0.15) is 25.8 Å². The molecule has 0 saturated carbocycles. The largest absolute Gasteiger partial charge is 0.497 e. The highest BCUT2D eigenvalue weighted by Gasteiger charge is 2.20. The van der Waals surface area contributed by atoms with E-state index < -0.39 is 17.1 Å². The van der Waals surface area contributed by atoms with Crippen LogP contribution in [0.2, 0.25) is 0 Å². The quantitative estimate of drug-likeness (QED) is 0.444. The Hall–Kier alpha value is -3.68. The van der Waals surface area contributed by atoms with Crippen LogP contribution >= 0.6 is 0 Å². The van der Waals surface area contributed by atoms with E-state index in [1.807, 2.05) is 38.1 Å². The second kappa shape index (κ2) is 8.82. The highest BCUT2D eigenvalue weighted by atomic mass is 19.1. The standard InChI is InChI=1S/C24H25FN4O3/c1-16(2)10-11-28-23(30)21-22(29(24(28)31)19-8-5-7-18(25)13-19)26-15-27(21)14-17-6-4-9-20(12-17)32-3/h4-9,12-13,15-16H,10-11,14H2,1-3H3. The number of benzene rings is 2. The molecule has 0 spiro atoms. The van der Waals surface area contributed by atoms with Crippen molar-refractivity contribution in [2.24, 2.45) is 5.92 Å². The molecular weight excluding hydrogens is 411 g/mol. The van der Waals surface area contributed by atoms with Gasteiger partial charge in [-0.1, -0.05) is 32.0 Å². The van der Waals surface area contributed by atoms with Crippen molar-refractivity contribution in [3.05, 3.63) is 87.1 Å². The number of hydrogen-bond acceptors (Lipinski definition) is 4. The number of imidazole rings is 1. The van der Waals surface area contributed by atoms with Gasteiger partial charge in [-0.15, -0.1) is 0 Å². The van der Waals surface area contributed by atoms with Crippen LogP contribution in [-0.2, 0) is 13.1 Å². The van der Waals surface area contributed by atoms with Gasteiger partial charge in [-0.25, -0.2) is 18.7 Å². The summed E-state index contributed by atoms with van der Waals surface area (Å²) in [7, 11) is 1.59. The number of hydrogen-bond donors (Lipinski definition) is 0. The summed E-state index contributed by atoms with van der Waals surface area (Å²) in [5, 5.41) is 0. The van der Waals surface area contributed by atoms with Crippen LogP contribution in [0.15, 0.2) is 64.4 Å². The van der Waals surface area contributed by atoms with E-state index in [1.165, 1.54) is 33.7 Å². The van der Waals surface area contributed by atoms with E-state index in [-0.39, 0.29) is 12.2 Å². The highest BCUT2D eigenvalue weighted by Crippen LogP contribution is 2.18. The molecule has 0 aliphatic rings. The van der Waals surface area contributed by atoms with Crippen LogP contribution in [0.25, 0.3) is 16.9 Å². The van der Waals surface area contributed by atoms with E-state index in [0.717, 1.165) is 5.56 Å². The molecule has 2 aromatic heterocycles. The third kappa shape index (κ3) is 4.08. The summed E-state index contributed by atoms with van der Waals surface area (Å²) >= 11 is 0. The summed E-state index contributed by atoms with van der Waals surface area (Å²) in [5.41, 5.74) is 0.805. The number of aromatic nitrogens is 4. The molecule has 0 bridgehead atoms. The molecule has 7 nitrogen and oxygen atoms in total. The van der Waals surface area contributed by atoms with Gasteiger partial charge < -0.3 is 9.30 Å². The first kappa shape index (κ1) is 21.5. The normalized spacial score (nSPS) is 11.4. The van der Waals surface area contributed by atoms with Crippen molar-refractivity contribution < 1.29 is 9.13 Å². The summed E-state index contributed by atoms with van der Waals surface area (Å²) in [4.78, 5) is 31.1. The van der Waals surface area contributed by atoms with E-state index in [0.29, 0.717) is 35.8 Å². The summed E-state index contributed by atoms with van der Waals surface area (Å²) in [6, 6.07) is 13.2. The van der Waals surface area contributed by atoms with Crippen molar-refractivity contribution in [2.75, 3.05) is 7.11 Å². The molecule has 0 radical (unpaired) electrons. The molecule has 0 fully saturated rings. The Kier molecular flexibility index (Phi) is 5.94. The van der Waals surface area contributed by atoms with Crippen LogP contribution in [0.5, 0.6) is 5.75 Å². The Morgan fingerprint density at radius 2 is 1.88 bits per heavy atom. The second-order valence-corrected chi connectivity index (χ2v) is 8.13. The Morgan fingerprint density at radius 1 is 1.09 bits per heavy atom. The maximum Gasteiger partial charge on any atom is 0.337 e. The van der Waals surface area contributed by atoms with Gasteiger partial charge >= 0.3 is 5.69 Å². The Balaban J connectivity index is 1.94. The molecular formula is C24H25FN4O3. The van der Waals surface area contributed by atoms with E-state index in [9.17, 15) is 14.0 Å². The molecule has 2 aromatic carbocycles. The van der Waals surface area contributed by atoms with Gasteiger partial charge in [-0.2, -0.15) is 0 Å². The number of nitrogens with zero attached hydrogens (tertiary/aromatic N) is 4. The first-order chi connectivity index (χ1) is 15.4. The molecule has 2 heterocycles. The molecule has 0 saturated heterocycles. The van der Waals surface area contributed by atoms with Crippen LogP contribution in [0, 0.1) is 11.7 Å². The van der Waals surface area contributed by atoms with E-state index >= 15 is 0 Å². The minimum absolute atomic E-state index is 0.203. The van der Waals surface area contributed by atoms with E-state index in [2.05, 4.69) is 4.98 Å². The third-order valence-corrected chi connectivity index (χ3v) is 5.38. The minimum Gasteiger partial charge on any atom is -0.497 e. The fourth-order valence-corrected chi connectivity index (χ4v) is 3.70. The minimum atomic E-state index is -0.527. The molecule has 0 atom stereocenters. The molecule has 0 unspecified atom stereocenters. The van der Waals surface area contributed by atoms with Crippen molar-refractivity contribution in [2.45, 2.75) is 33.4 Å². The zero-order valence-electron chi connectivity index (χ0n) is 18.3. The van der Waals surface area contributed by atoms with E-state index in [1.54, 1.807) is 17.7 Å². The molecule has 8 heteroatoms. The SMILES string of the molecule is COc1cccc(Cn2cnc3c2c(=O)n(CCC(C)C)c(=O)n3-c2cccc(F)c2)c1. The number of rotatable bonds is 7. The lowest BCUT2D eigenvalue weighted by Crippen LogP contribution is -2.40. The van der Waals surface area contributed by atoms with Crippen molar-refractivity contribution in [3.63, 3.8) is 0 Å². The Morgan fingerprint density at radius 3 is 2.59 bits per heavy atom. The van der Waals surface area contributed by atoms with Gasteiger partial charge in [0.15, 0.2) is 11.2 Å². The molecule has 32 heavy (non-hydrogen) atoms. The maximum atomic E-state index is 14.0. The van der Waals surface area contributed by atoms with E-state index in [4.69, 9.17) is 4.74 Å². The summed E-state index contributed by atoms with van der Waals surface area (Å²) in [6.45, 7) is 4.70. The zero-order chi connectivity index (χ0) is 22.8. The summed E-state index contributed by atoms with van der Waals surface area (Å²) in [5.74, 6) is 0.539. The lowest BCUT2D eigenvalue weighted by Gasteiger charge is -2.14. The predicted octanol–water partition coefficient (Wildman–Crippen LogP) is 3.59. The maximum absolute atomic E-state index is 14.0. The molecule has 0 aliphatic carbocycles. The average molecular weight is 436 g/mol. The number of ether oxygens (including phenoxy) is 1. The number of methoxy groups -OCH3 is 1. The number of fused-ring (bicyclic) bond motifs is 1. The summed E-state index contributed by atoms with van der Waals surface area (Å²) < 4.78 is 23.5. The fourth-order valence-electron chi connectivity index (χ4n) is 3.70. The van der Waals surface area contributed by atoms with Crippen molar-refractivity contribution in [1.29, 1.82) is 0 Å². The van der Waals surface area contributed by atoms with Gasteiger partial charge in [0.2, 0.25) is 0 Å². The topological polar surface area (TPSA) is 71.1 Å². The van der Waals surface area contributed by atoms with Gasteiger partial charge in [-0.05, 0) is 48.2 Å². The van der Waals surface area contributed by atoms with Crippen molar-refractivity contribution >= 4 is 11.2 Å². The van der Waals surface area contributed by atoms with Gasteiger partial charge in [-0.3, -0.25) is 9.36 Å². The second-order valence-electron chi connectivity index (χ2n) is 8.13. The van der Waals surface area contributed by atoms with Gasteiger partial charge in [0.05, 0.1) is 19.1 Å². The molecule has 166 valence electrons. The highest BCUT2D eigenvalue weighted by molar-refractivity contribution is 5.72. The van der Waals surface area contributed by atoms with Crippen molar-refractivity contribution in [3.8, 4) is 11.4 Å². The molecule has 0 amide bonds. The van der Waals surface area contributed by atoms with Gasteiger partial charge in [0.25, 0.3) is 5.56 Å². The number of halogens is 1. The zero-order valence-corrected chi connectivity index (χ0v) is 18.3. The first-order valence-corrected chi connectivity index (χ1v) is 10.5. The predicted molar refractivity (Wildman–Crippen MR) is 121 cm³/mol. The third-order valence-electron chi connectivity index (χ3n) is 5.38. The van der Waals surface area contributed by atoms with Crippen molar-refractivity contribution in [1.82, 2.24) is 18.7 Å².